The van der Waals surface area contributed by atoms with E-state index in [0.717, 1.165) is 10.9 Å². The molecule has 196 valence electrons. The Morgan fingerprint density at radius 1 is 1.00 bits per heavy atom. The minimum atomic E-state index is -1.69. The van der Waals surface area contributed by atoms with Crippen LogP contribution >= 0.6 is 11.8 Å². The summed E-state index contributed by atoms with van der Waals surface area (Å²) >= 11 is 1.53. The van der Waals surface area contributed by atoms with Crippen molar-refractivity contribution in [3.8, 4) is 0 Å². The molecule has 0 saturated carbocycles. The molecule has 0 aliphatic rings. The van der Waals surface area contributed by atoms with E-state index < -0.39 is 60.2 Å². The average molecular weight is 522 g/mol. The number of nitrogens with one attached hydrogen (secondary N) is 4. The van der Waals surface area contributed by atoms with Gasteiger partial charge in [-0.2, -0.15) is 11.8 Å². The number of aromatic nitrogens is 1. The first-order chi connectivity index (χ1) is 17.0. The molecule has 36 heavy (non-hydrogen) atoms. The Hall–Kier alpha value is -3.58. The molecule has 13 heteroatoms. The van der Waals surface area contributed by atoms with Gasteiger partial charge in [0.25, 0.3) is 0 Å². The molecule has 0 bridgehead atoms. The van der Waals surface area contributed by atoms with Crippen molar-refractivity contribution in [3.05, 3.63) is 36.0 Å². The Kier molecular flexibility index (Phi) is 10.7. The van der Waals surface area contributed by atoms with E-state index >= 15 is 0 Å². The summed E-state index contributed by atoms with van der Waals surface area (Å²) in [6.45, 7) is 1.43. The van der Waals surface area contributed by atoms with Crippen LogP contribution in [0.3, 0.4) is 0 Å². The lowest BCUT2D eigenvalue weighted by Crippen LogP contribution is -2.57. The van der Waals surface area contributed by atoms with Gasteiger partial charge >= 0.3 is 11.9 Å². The fourth-order valence-corrected chi connectivity index (χ4v) is 3.92. The van der Waals surface area contributed by atoms with Crippen LogP contribution in [0.1, 0.15) is 25.3 Å². The highest BCUT2D eigenvalue weighted by molar-refractivity contribution is 7.98. The van der Waals surface area contributed by atoms with Gasteiger partial charge in [-0.3, -0.25) is 19.2 Å². The van der Waals surface area contributed by atoms with Crippen molar-refractivity contribution >= 4 is 52.3 Å². The fraction of sp³-hybridized carbons (Fsp3) is 0.435. The van der Waals surface area contributed by atoms with Gasteiger partial charge < -0.3 is 36.9 Å². The lowest BCUT2D eigenvalue weighted by molar-refractivity contribution is -0.147. The van der Waals surface area contributed by atoms with Crippen molar-refractivity contribution in [2.24, 2.45) is 5.73 Å². The van der Waals surface area contributed by atoms with Gasteiger partial charge in [0.15, 0.2) is 0 Å². The summed E-state index contributed by atoms with van der Waals surface area (Å²) in [5, 5.41) is 26.3. The molecule has 1 aromatic heterocycles. The number of benzene rings is 1. The first-order valence-electron chi connectivity index (χ1n) is 11.2. The van der Waals surface area contributed by atoms with E-state index in [0.29, 0.717) is 17.7 Å². The minimum absolute atomic E-state index is 0.0189. The normalized spacial score (nSPS) is 14.3. The number of nitrogens with two attached hydrogens (primary N) is 1. The number of hydrogen-bond acceptors (Lipinski definition) is 7. The summed E-state index contributed by atoms with van der Waals surface area (Å²) in [6.07, 6.45) is 3.11. The fourth-order valence-electron chi connectivity index (χ4n) is 3.44. The monoisotopic (exact) mass is 521 g/mol. The minimum Gasteiger partial charge on any atom is -0.481 e. The molecular weight excluding hydrogens is 490 g/mol. The summed E-state index contributed by atoms with van der Waals surface area (Å²) in [6, 6.07) is 2.50. The molecule has 0 aliphatic carbocycles. The third-order valence-corrected chi connectivity index (χ3v) is 6.09. The van der Waals surface area contributed by atoms with Gasteiger partial charge in [0, 0.05) is 23.5 Å². The average Bonchev–Trinajstić information content (AvgIpc) is 3.23. The van der Waals surface area contributed by atoms with E-state index in [9.17, 15) is 29.1 Å². The molecule has 1 aromatic carbocycles. The molecule has 3 amide bonds. The van der Waals surface area contributed by atoms with Crippen molar-refractivity contribution in [2.75, 3.05) is 12.0 Å². The van der Waals surface area contributed by atoms with E-state index in [1.54, 1.807) is 12.3 Å². The third-order valence-electron chi connectivity index (χ3n) is 5.45. The van der Waals surface area contributed by atoms with Crippen molar-refractivity contribution in [1.82, 2.24) is 20.9 Å². The van der Waals surface area contributed by atoms with Crippen LogP contribution < -0.4 is 21.7 Å². The van der Waals surface area contributed by atoms with Gasteiger partial charge in [0.2, 0.25) is 17.7 Å². The van der Waals surface area contributed by atoms with Crippen molar-refractivity contribution in [2.45, 2.75) is 50.4 Å². The zero-order valence-electron chi connectivity index (χ0n) is 19.9. The molecule has 0 spiro atoms. The van der Waals surface area contributed by atoms with Gasteiger partial charge in [0.05, 0.1) is 12.5 Å². The van der Waals surface area contributed by atoms with Crippen LogP contribution in [0.4, 0.5) is 0 Å². The molecule has 1 heterocycles. The van der Waals surface area contributed by atoms with Gasteiger partial charge in [-0.05, 0) is 37.0 Å². The Morgan fingerprint density at radius 2 is 1.67 bits per heavy atom. The number of hydrogen-bond donors (Lipinski definition) is 7. The number of carboxylic acid groups (broad SMARTS) is 2. The van der Waals surface area contributed by atoms with Crippen LogP contribution in [0.5, 0.6) is 0 Å². The SMILES string of the molecule is CSCCC(N)C(=O)NC(C)C(=O)NC(Cc1c[nH]c2ccccc12)C(=O)NC(CC(=O)O)C(=O)O. The summed E-state index contributed by atoms with van der Waals surface area (Å²) < 4.78 is 0. The van der Waals surface area contributed by atoms with Crippen molar-refractivity contribution < 1.29 is 34.2 Å². The number of carbonyl (C=O) groups is 5. The summed E-state index contributed by atoms with van der Waals surface area (Å²) in [7, 11) is 0. The highest BCUT2D eigenvalue weighted by atomic mass is 32.2. The molecule has 12 nitrogen and oxygen atoms in total. The number of amides is 3. The number of H-pyrrole nitrogens is 1. The standard InChI is InChI=1S/C23H31N5O7S/c1-12(26-21(32)15(24)7-8-36-2)20(31)27-17(22(33)28-18(23(34)35)10-19(29)30)9-13-11-25-16-6-4-3-5-14(13)16/h3-6,11-12,15,17-18,25H,7-10,24H2,1-2H3,(H,26,32)(H,27,31)(H,28,33)(H,29,30)(H,34,35). The number of thioether (sulfide) groups is 1. The van der Waals surface area contributed by atoms with Crippen LogP contribution in [0, 0.1) is 0 Å². The molecule has 2 rings (SSSR count). The number of para-hydroxylation sites is 1. The summed E-state index contributed by atoms with van der Waals surface area (Å²) in [4.78, 5) is 63.7. The van der Waals surface area contributed by atoms with E-state index in [2.05, 4.69) is 20.9 Å². The van der Waals surface area contributed by atoms with Crippen LogP contribution in [-0.2, 0) is 30.4 Å². The molecule has 4 atom stereocenters. The molecule has 0 fully saturated rings. The lowest BCUT2D eigenvalue weighted by Gasteiger charge is -2.23. The maximum atomic E-state index is 13.0. The van der Waals surface area contributed by atoms with Gasteiger partial charge in [-0.25, -0.2) is 4.79 Å². The Bertz CT molecular complexity index is 1110. The second kappa shape index (κ2) is 13.5. The maximum Gasteiger partial charge on any atom is 0.326 e. The molecule has 0 saturated heterocycles. The zero-order valence-corrected chi connectivity index (χ0v) is 20.8. The first kappa shape index (κ1) is 28.7. The largest absolute Gasteiger partial charge is 0.481 e. The first-order valence-corrected chi connectivity index (χ1v) is 12.6. The Balaban J connectivity index is 2.20. The highest BCUT2D eigenvalue weighted by Crippen LogP contribution is 2.19. The van der Waals surface area contributed by atoms with E-state index in [4.69, 9.17) is 10.8 Å². The van der Waals surface area contributed by atoms with Crippen LogP contribution in [0.2, 0.25) is 0 Å². The van der Waals surface area contributed by atoms with Gasteiger partial charge in [0.1, 0.15) is 18.1 Å². The number of carbonyl (C=O) groups excluding carboxylic acids is 3. The molecule has 0 aliphatic heterocycles. The quantitative estimate of drug-likeness (QED) is 0.176. The maximum absolute atomic E-state index is 13.0. The summed E-state index contributed by atoms with van der Waals surface area (Å²) in [5.41, 5.74) is 7.31. The highest BCUT2D eigenvalue weighted by Gasteiger charge is 2.30. The van der Waals surface area contributed by atoms with E-state index in [1.807, 2.05) is 24.5 Å². The predicted octanol–water partition coefficient (Wildman–Crippen LogP) is -0.176. The van der Waals surface area contributed by atoms with Crippen molar-refractivity contribution in [3.63, 3.8) is 0 Å². The smallest absolute Gasteiger partial charge is 0.326 e. The van der Waals surface area contributed by atoms with Gasteiger partial charge in [-0.15, -0.1) is 0 Å². The van der Waals surface area contributed by atoms with Crippen LogP contribution in [0.15, 0.2) is 30.5 Å². The Morgan fingerprint density at radius 3 is 2.31 bits per heavy atom. The molecule has 8 N–H and O–H groups in total. The van der Waals surface area contributed by atoms with E-state index in [-0.39, 0.29) is 6.42 Å². The molecule has 0 radical (unpaired) electrons. The van der Waals surface area contributed by atoms with E-state index in [1.165, 1.54) is 18.7 Å². The third kappa shape index (κ3) is 8.27. The Labute approximate surface area is 211 Å². The van der Waals surface area contributed by atoms with Crippen LogP contribution in [0.25, 0.3) is 10.9 Å². The topological polar surface area (TPSA) is 204 Å². The molecule has 2 aromatic rings. The van der Waals surface area contributed by atoms with Crippen molar-refractivity contribution in [1.29, 1.82) is 0 Å². The number of aromatic amines is 1. The number of fused-ring (bicyclic) bond motifs is 1. The molecule has 4 unspecified atom stereocenters. The van der Waals surface area contributed by atoms with Gasteiger partial charge in [-0.1, -0.05) is 18.2 Å². The predicted molar refractivity (Wildman–Crippen MR) is 134 cm³/mol. The number of rotatable bonds is 14. The zero-order chi connectivity index (χ0) is 26.8. The lowest BCUT2D eigenvalue weighted by atomic mass is 10.0. The van der Waals surface area contributed by atoms with Crippen LogP contribution in [-0.4, -0.2) is 81.0 Å². The second-order valence-corrected chi connectivity index (χ2v) is 9.23. The number of aliphatic carboxylic acids is 2. The summed E-state index contributed by atoms with van der Waals surface area (Å²) in [5.74, 6) is -4.35. The number of carboxylic acids is 2. The molecular formula is C23H31N5O7S. The second-order valence-electron chi connectivity index (χ2n) is 8.24.